The number of sulfone groups is 1. The number of hydrogen-bond acceptors (Lipinski definition) is 5. The minimum atomic E-state index is -3.08. The number of nitrogens with one attached hydrogen (secondary N) is 2. The van der Waals surface area contributed by atoms with Crippen LogP contribution in [0.2, 0.25) is 0 Å². The van der Waals surface area contributed by atoms with Crippen LogP contribution in [-0.2, 0) is 15.6 Å². The molecule has 104 valence electrons. The molecule has 0 aromatic heterocycles. The monoisotopic (exact) mass is 281 g/mol. The van der Waals surface area contributed by atoms with Crippen molar-refractivity contribution < 1.29 is 8.42 Å². The number of guanidine groups is 1. The molecule has 1 aliphatic rings. The first-order chi connectivity index (χ1) is 9.16. The van der Waals surface area contributed by atoms with Gasteiger partial charge in [-0.05, 0) is 12.0 Å². The van der Waals surface area contributed by atoms with Crippen molar-refractivity contribution in [1.29, 1.82) is 0 Å². The zero-order valence-electron chi connectivity index (χ0n) is 10.8. The largest absolute Gasteiger partial charge is 0.356 e. The molecule has 0 saturated carbocycles. The first-order valence-corrected chi connectivity index (χ1v) is 8.24. The molecule has 0 radical (unpaired) electrons. The minimum Gasteiger partial charge on any atom is -0.356 e. The van der Waals surface area contributed by atoms with Crippen LogP contribution in [-0.4, -0.2) is 39.8 Å². The second-order valence-electron chi connectivity index (χ2n) is 4.52. The highest BCUT2D eigenvalue weighted by atomic mass is 32.2. The maximum atomic E-state index is 11.9. The molecule has 1 aromatic rings. The Kier molecular flexibility index (Phi) is 4.79. The molecule has 1 heterocycles. The third-order valence-corrected chi connectivity index (χ3v) is 4.43. The van der Waals surface area contributed by atoms with Gasteiger partial charge in [-0.3, -0.25) is 4.99 Å². The van der Waals surface area contributed by atoms with E-state index in [4.69, 9.17) is 0 Å². The Labute approximate surface area is 114 Å². The van der Waals surface area contributed by atoms with Crippen molar-refractivity contribution in [2.75, 3.05) is 25.4 Å². The van der Waals surface area contributed by atoms with Crippen LogP contribution < -0.4 is 10.6 Å². The molecule has 0 fully saturated rings. The van der Waals surface area contributed by atoms with E-state index in [-0.39, 0.29) is 11.5 Å². The lowest BCUT2D eigenvalue weighted by Gasteiger charge is -2.15. The third kappa shape index (κ3) is 4.90. The molecule has 0 atom stereocenters. The van der Waals surface area contributed by atoms with Gasteiger partial charge in [0.1, 0.15) is 0 Å². The summed E-state index contributed by atoms with van der Waals surface area (Å²) in [5.74, 6) is 0.916. The molecular formula is C13H19N3O2S. The van der Waals surface area contributed by atoms with E-state index in [1.165, 1.54) is 0 Å². The van der Waals surface area contributed by atoms with E-state index in [1.54, 1.807) is 0 Å². The van der Waals surface area contributed by atoms with Gasteiger partial charge in [0.25, 0.3) is 0 Å². The Morgan fingerprint density at radius 1 is 1.26 bits per heavy atom. The average Bonchev–Trinajstić information content (AvgIpc) is 2.40. The third-order valence-electron chi connectivity index (χ3n) is 2.83. The average molecular weight is 281 g/mol. The smallest absolute Gasteiger partial charge is 0.191 e. The van der Waals surface area contributed by atoms with Crippen molar-refractivity contribution in [1.82, 2.24) is 10.6 Å². The molecule has 0 unspecified atom stereocenters. The second-order valence-corrected chi connectivity index (χ2v) is 6.70. The van der Waals surface area contributed by atoms with Gasteiger partial charge in [0, 0.05) is 19.6 Å². The molecular weight excluding hydrogens is 262 g/mol. The number of rotatable bonds is 5. The molecule has 0 saturated heterocycles. The van der Waals surface area contributed by atoms with Crippen molar-refractivity contribution in [3.63, 3.8) is 0 Å². The van der Waals surface area contributed by atoms with E-state index >= 15 is 0 Å². The first kappa shape index (κ1) is 13.9. The highest BCUT2D eigenvalue weighted by molar-refractivity contribution is 7.90. The lowest BCUT2D eigenvalue weighted by Crippen LogP contribution is -2.42. The summed E-state index contributed by atoms with van der Waals surface area (Å²) in [7, 11) is -3.08. The molecule has 1 aliphatic heterocycles. The lowest BCUT2D eigenvalue weighted by molar-refractivity contribution is 0.593. The minimum absolute atomic E-state index is 0.0927. The van der Waals surface area contributed by atoms with Crippen molar-refractivity contribution in [3.8, 4) is 0 Å². The van der Waals surface area contributed by atoms with Gasteiger partial charge in [0.15, 0.2) is 15.8 Å². The molecule has 2 N–H and O–H groups in total. The van der Waals surface area contributed by atoms with Gasteiger partial charge in [-0.1, -0.05) is 30.3 Å². The summed E-state index contributed by atoms with van der Waals surface area (Å²) in [6.07, 6.45) is 1.03. The number of aliphatic imine (C=N–C) groups is 1. The maximum Gasteiger partial charge on any atom is 0.191 e. The van der Waals surface area contributed by atoms with Crippen LogP contribution >= 0.6 is 0 Å². The summed E-state index contributed by atoms with van der Waals surface area (Å²) in [4.78, 5) is 4.23. The fraction of sp³-hybridized carbons (Fsp3) is 0.462. The SMILES string of the molecule is O=S(=O)(CCNC1=NCCCN1)Cc1ccccc1. The molecule has 2 rings (SSSR count). The van der Waals surface area contributed by atoms with Crippen LogP contribution in [0.5, 0.6) is 0 Å². The lowest BCUT2D eigenvalue weighted by atomic mass is 10.2. The summed E-state index contributed by atoms with van der Waals surface area (Å²) < 4.78 is 23.9. The fourth-order valence-corrected chi connectivity index (χ4v) is 3.13. The van der Waals surface area contributed by atoms with E-state index in [9.17, 15) is 8.42 Å². The molecule has 0 aliphatic carbocycles. The van der Waals surface area contributed by atoms with Crippen LogP contribution in [0.15, 0.2) is 35.3 Å². The Bertz CT molecular complexity index is 526. The highest BCUT2D eigenvalue weighted by Crippen LogP contribution is 2.05. The van der Waals surface area contributed by atoms with Gasteiger partial charge < -0.3 is 10.6 Å². The van der Waals surface area contributed by atoms with E-state index in [0.717, 1.165) is 25.1 Å². The van der Waals surface area contributed by atoms with E-state index in [1.807, 2.05) is 30.3 Å². The molecule has 0 bridgehead atoms. The molecule has 0 spiro atoms. The summed E-state index contributed by atoms with van der Waals surface area (Å²) in [6.45, 7) is 2.08. The van der Waals surface area contributed by atoms with E-state index in [2.05, 4.69) is 15.6 Å². The van der Waals surface area contributed by atoms with E-state index < -0.39 is 9.84 Å². The Balaban J connectivity index is 1.79. The Morgan fingerprint density at radius 2 is 2.05 bits per heavy atom. The summed E-state index contributed by atoms with van der Waals surface area (Å²) in [6, 6.07) is 9.24. The first-order valence-electron chi connectivity index (χ1n) is 6.42. The van der Waals surface area contributed by atoms with Crippen LogP contribution in [0.4, 0.5) is 0 Å². The van der Waals surface area contributed by atoms with Crippen molar-refractivity contribution >= 4 is 15.8 Å². The zero-order valence-corrected chi connectivity index (χ0v) is 11.6. The normalized spacial score (nSPS) is 15.5. The second kappa shape index (κ2) is 6.56. The maximum absolute atomic E-state index is 11.9. The summed E-state index contributed by atoms with van der Waals surface area (Å²) in [5, 5.41) is 6.12. The van der Waals surface area contributed by atoms with Gasteiger partial charge in [0.05, 0.1) is 11.5 Å². The number of benzene rings is 1. The van der Waals surface area contributed by atoms with E-state index in [0.29, 0.717) is 12.5 Å². The Hall–Kier alpha value is -1.56. The van der Waals surface area contributed by atoms with Gasteiger partial charge >= 0.3 is 0 Å². The van der Waals surface area contributed by atoms with Gasteiger partial charge in [-0.2, -0.15) is 0 Å². The molecule has 6 heteroatoms. The standard InChI is InChI=1S/C13H19N3O2S/c17-19(18,11-12-5-2-1-3-6-12)10-9-16-13-14-7-4-8-15-13/h1-3,5-6H,4,7-11H2,(H2,14,15,16). The summed E-state index contributed by atoms with van der Waals surface area (Å²) >= 11 is 0. The molecule has 0 amide bonds. The summed E-state index contributed by atoms with van der Waals surface area (Å²) in [5.41, 5.74) is 0.829. The van der Waals surface area contributed by atoms with Crippen LogP contribution in [0, 0.1) is 0 Å². The van der Waals surface area contributed by atoms with Crippen LogP contribution in [0.3, 0.4) is 0 Å². The Morgan fingerprint density at radius 3 is 2.74 bits per heavy atom. The van der Waals surface area contributed by atoms with Gasteiger partial charge in [-0.25, -0.2) is 8.42 Å². The number of hydrogen-bond donors (Lipinski definition) is 2. The van der Waals surface area contributed by atoms with Gasteiger partial charge in [-0.15, -0.1) is 0 Å². The quantitative estimate of drug-likeness (QED) is 0.826. The molecule has 19 heavy (non-hydrogen) atoms. The van der Waals surface area contributed by atoms with Gasteiger partial charge in [0.2, 0.25) is 0 Å². The predicted octanol–water partition coefficient (Wildman–Crippen LogP) is 0.540. The molecule has 1 aromatic carbocycles. The van der Waals surface area contributed by atoms with Crippen LogP contribution in [0.1, 0.15) is 12.0 Å². The predicted molar refractivity (Wildman–Crippen MR) is 76.9 cm³/mol. The highest BCUT2D eigenvalue weighted by Gasteiger charge is 2.12. The van der Waals surface area contributed by atoms with Crippen molar-refractivity contribution in [2.24, 2.45) is 4.99 Å². The van der Waals surface area contributed by atoms with Crippen molar-refractivity contribution in [2.45, 2.75) is 12.2 Å². The molecule has 5 nitrogen and oxygen atoms in total. The van der Waals surface area contributed by atoms with Crippen molar-refractivity contribution in [3.05, 3.63) is 35.9 Å². The van der Waals surface area contributed by atoms with Crippen LogP contribution in [0.25, 0.3) is 0 Å². The zero-order chi connectivity index (χ0) is 13.6. The topological polar surface area (TPSA) is 70.6 Å². The number of nitrogens with zero attached hydrogens (tertiary/aromatic N) is 1. The fourth-order valence-electron chi connectivity index (χ4n) is 1.88.